The van der Waals surface area contributed by atoms with Crippen molar-refractivity contribution in [2.24, 2.45) is 11.8 Å². The quantitative estimate of drug-likeness (QED) is 0.696. The Hall–Kier alpha value is -1.42. The SMILES string of the molecule is CS(=O)(=O)OC[C@H]1Cc2cc3ccccc3n2C[C@@H]1COS(C)(=O)=O. The Labute approximate surface area is 147 Å². The predicted octanol–water partition coefficient (Wildman–Crippen LogP) is 1.38. The van der Waals surface area contributed by atoms with Crippen molar-refractivity contribution in [1.82, 2.24) is 4.57 Å². The van der Waals surface area contributed by atoms with Gasteiger partial charge >= 0.3 is 0 Å². The summed E-state index contributed by atoms with van der Waals surface area (Å²) in [4.78, 5) is 0. The van der Waals surface area contributed by atoms with Crippen molar-refractivity contribution in [3.05, 3.63) is 36.0 Å². The highest BCUT2D eigenvalue weighted by Crippen LogP contribution is 2.32. The molecular formula is C16H21NO6S2. The molecule has 1 aliphatic heterocycles. The van der Waals surface area contributed by atoms with Crippen molar-refractivity contribution in [1.29, 1.82) is 0 Å². The molecule has 0 aliphatic carbocycles. The number of fused-ring (bicyclic) bond motifs is 3. The molecule has 1 aromatic carbocycles. The van der Waals surface area contributed by atoms with Gasteiger partial charge in [-0.1, -0.05) is 18.2 Å². The van der Waals surface area contributed by atoms with Gasteiger partial charge in [0.05, 0.1) is 25.7 Å². The lowest BCUT2D eigenvalue weighted by atomic mass is 9.86. The summed E-state index contributed by atoms with van der Waals surface area (Å²) in [6, 6.07) is 10.0. The topological polar surface area (TPSA) is 91.7 Å². The van der Waals surface area contributed by atoms with Crippen LogP contribution in [0.1, 0.15) is 5.69 Å². The number of benzene rings is 1. The van der Waals surface area contributed by atoms with Crippen molar-refractivity contribution in [3.8, 4) is 0 Å². The monoisotopic (exact) mass is 387 g/mol. The van der Waals surface area contributed by atoms with E-state index in [4.69, 9.17) is 8.37 Å². The van der Waals surface area contributed by atoms with E-state index < -0.39 is 20.2 Å². The molecule has 0 amide bonds. The molecule has 0 saturated carbocycles. The standard InChI is InChI=1S/C16H21NO6S2/c1-24(18,19)22-10-13-8-15-7-12-5-3-4-6-16(12)17(15)9-14(13)11-23-25(2,20)21/h3-7,13-14H,8-11H2,1-2H3/t13-,14-/m1/s1. The summed E-state index contributed by atoms with van der Waals surface area (Å²) in [5.74, 6) is -0.312. The first kappa shape index (κ1) is 18.4. The molecule has 3 rings (SSSR count). The number of rotatable bonds is 6. The lowest BCUT2D eigenvalue weighted by Crippen LogP contribution is -2.36. The van der Waals surface area contributed by atoms with Gasteiger partial charge in [-0.2, -0.15) is 16.8 Å². The molecule has 25 heavy (non-hydrogen) atoms. The van der Waals surface area contributed by atoms with Gasteiger partial charge in [-0.25, -0.2) is 0 Å². The highest BCUT2D eigenvalue weighted by atomic mass is 32.2. The molecule has 7 nitrogen and oxygen atoms in total. The van der Waals surface area contributed by atoms with Crippen LogP contribution in [0.2, 0.25) is 0 Å². The minimum atomic E-state index is -3.57. The van der Waals surface area contributed by atoms with Crippen LogP contribution in [0.5, 0.6) is 0 Å². The van der Waals surface area contributed by atoms with E-state index in [9.17, 15) is 16.8 Å². The smallest absolute Gasteiger partial charge is 0.264 e. The lowest BCUT2D eigenvalue weighted by molar-refractivity contribution is 0.120. The molecule has 0 saturated heterocycles. The number of hydrogen-bond acceptors (Lipinski definition) is 6. The normalized spacial score (nSPS) is 21.4. The molecule has 138 valence electrons. The first-order valence-corrected chi connectivity index (χ1v) is 11.5. The van der Waals surface area contributed by atoms with Crippen LogP contribution < -0.4 is 0 Å². The summed E-state index contributed by atoms with van der Waals surface area (Å²) in [6.07, 6.45) is 2.62. The molecule has 2 aromatic rings. The molecule has 0 fully saturated rings. The van der Waals surface area contributed by atoms with Gasteiger partial charge in [0.15, 0.2) is 0 Å². The van der Waals surface area contributed by atoms with E-state index in [0.29, 0.717) is 13.0 Å². The van der Waals surface area contributed by atoms with Crippen molar-refractivity contribution in [3.63, 3.8) is 0 Å². The van der Waals surface area contributed by atoms with E-state index in [1.807, 2.05) is 24.3 Å². The van der Waals surface area contributed by atoms with Crippen molar-refractivity contribution < 1.29 is 25.2 Å². The van der Waals surface area contributed by atoms with Crippen LogP contribution in [0.4, 0.5) is 0 Å². The Morgan fingerprint density at radius 2 is 1.60 bits per heavy atom. The number of para-hydroxylation sites is 1. The van der Waals surface area contributed by atoms with Crippen LogP contribution in [-0.2, 0) is 41.6 Å². The highest BCUT2D eigenvalue weighted by molar-refractivity contribution is 7.86. The first-order chi connectivity index (χ1) is 11.6. The maximum Gasteiger partial charge on any atom is 0.264 e. The van der Waals surface area contributed by atoms with Crippen molar-refractivity contribution in [2.75, 3.05) is 25.7 Å². The number of aromatic nitrogens is 1. The molecule has 2 heterocycles. The van der Waals surface area contributed by atoms with Crippen LogP contribution in [0.3, 0.4) is 0 Å². The summed E-state index contributed by atoms with van der Waals surface area (Å²) < 4.78 is 57.5. The maximum absolute atomic E-state index is 11.3. The van der Waals surface area contributed by atoms with Gasteiger partial charge in [0, 0.05) is 23.7 Å². The third kappa shape index (κ3) is 4.60. The van der Waals surface area contributed by atoms with Crippen LogP contribution in [0.15, 0.2) is 30.3 Å². The summed E-state index contributed by atoms with van der Waals surface area (Å²) in [5.41, 5.74) is 2.16. The van der Waals surface area contributed by atoms with Gasteiger partial charge < -0.3 is 4.57 Å². The molecule has 9 heteroatoms. The fourth-order valence-corrected chi connectivity index (χ4v) is 4.12. The van der Waals surface area contributed by atoms with Crippen LogP contribution in [-0.4, -0.2) is 47.1 Å². The van der Waals surface area contributed by atoms with Gasteiger partial charge in [-0.3, -0.25) is 8.37 Å². The molecule has 1 aliphatic rings. The fourth-order valence-electron chi connectivity index (χ4n) is 3.28. The summed E-state index contributed by atoms with van der Waals surface area (Å²) >= 11 is 0. The maximum atomic E-state index is 11.3. The van der Waals surface area contributed by atoms with E-state index in [1.54, 1.807) is 0 Å². The minimum Gasteiger partial charge on any atom is -0.344 e. The molecule has 0 N–H and O–H groups in total. The predicted molar refractivity (Wildman–Crippen MR) is 94.2 cm³/mol. The molecule has 0 unspecified atom stereocenters. The Kier molecular flexibility index (Phi) is 4.93. The molecule has 0 spiro atoms. The third-order valence-electron chi connectivity index (χ3n) is 4.44. The largest absolute Gasteiger partial charge is 0.344 e. The fraction of sp³-hybridized carbons (Fsp3) is 0.500. The Morgan fingerprint density at radius 3 is 2.24 bits per heavy atom. The summed E-state index contributed by atoms with van der Waals surface area (Å²) in [5, 5.41) is 1.10. The van der Waals surface area contributed by atoms with E-state index in [0.717, 1.165) is 29.1 Å². The Bertz CT molecular complexity index is 977. The van der Waals surface area contributed by atoms with Gasteiger partial charge in [0.1, 0.15) is 0 Å². The van der Waals surface area contributed by atoms with Gasteiger partial charge in [-0.05, 0) is 29.9 Å². The Balaban J connectivity index is 1.88. The van der Waals surface area contributed by atoms with E-state index in [1.165, 1.54) is 0 Å². The van der Waals surface area contributed by atoms with E-state index in [2.05, 4.69) is 10.6 Å². The molecule has 0 radical (unpaired) electrons. The Morgan fingerprint density at radius 1 is 1.00 bits per heavy atom. The van der Waals surface area contributed by atoms with E-state index in [-0.39, 0.29) is 25.0 Å². The molecule has 1 aromatic heterocycles. The van der Waals surface area contributed by atoms with Crippen LogP contribution >= 0.6 is 0 Å². The summed E-state index contributed by atoms with van der Waals surface area (Å²) in [7, 11) is -7.12. The van der Waals surface area contributed by atoms with Crippen LogP contribution in [0, 0.1) is 11.8 Å². The van der Waals surface area contributed by atoms with Gasteiger partial charge in [0.25, 0.3) is 20.2 Å². The average Bonchev–Trinajstić information content (AvgIpc) is 2.86. The number of nitrogens with zero attached hydrogens (tertiary/aromatic N) is 1. The zero-order chi connectivity index (χ0) is 18.2. The minimum absolute atomic E-state index is 0.00255. The molecular weight excluding hydrogens is 366 g/mol. The zero-order valence-corrected chi connectivity index (χ0v) is 15.7. The second-order valence-electron chi connectivity index (χ2n) is 6.51. The van der Waals surface area contributed by atoms with E-state index >= 15 is 0 Å². The molecule has 0 bridgehead atoms. The highest BCUT2D eigenvalue weighted by Gasteiger charge is 2.31. The van der Waals surface area contributed by atoms with Crippen LogP contribution in [0.25, 0.3) is 10.9 Å². The summed E-state index contributed by atoms with van der Waals surface area (Å²) in [6.45, 7) is 0.566. The van der Waals surface area contributed by atoms with Crippen molar-refractivity contribution >= 4 is 31.1 Å². The third-order valence-corrected chi connectivity index (χ3v) is 5.57. The lowest BCUT2D eigenvalue weighted by Gasteiger charge is -2.32. The number of hydrogen-bond donors (Lipinski definition) is 0. The first-order valence-electron chi connectivity index (χ1n) is 7.88. The molecule has 2 atom stereocenters. The second-order valence-corrected chi connectivity index (χ2v) is 9.79. The van der Waals surface area contributed by atoms with Gasteiger partial charge in [-0.15, -0.1) is 0 Å². The van der Waals surface area contributed by atoms with Gasteiger partial charge in [0.2, 0.25) is 0 Å². The second kappa shape index (κ2) is 6.71. The zero-order valence-electron chi connectivity index (χ0n) is 14.1. The van der Waals surface area contributed by atoms with Crippen molar-refractivity contribution in [2.45, 2.75) is 13.0 Å². The average molecular weight is 387 g/mol.